The maximum absolute atomic E-state index is 11.4. The summed E-state index contributed by atoms with van der Waals surface area (Å²) in [7, 11) is 0. The van der Waals surface area contributed by atoms with Crippen LogP contribution in [-0.4, -0.2) is 6.17 Å². The Bertz CT molecular complexity index is 17.6. The van der Waals surface area contributed by atoms with E-state index in [0.717, 1.165) is 0 Å². The first-order valence-corrected chi connectivity index (χ1v) is 1.91. The Balaban J connectivity index is 2.54. The van der Waals surface area contributed by atoms with Crippen molar-refractivity contribution in [3.63, 3.8) is 0 Å². The molecule has 0 rings (SSSR count). The molecule has 0 aliphatic rings. The number of hydrogen-bond acceptors (Lipinski definition) is 0. The third-order valence-electron chi connectivity index (χ3n) is 0.563. The molecule has 0 amide bonds. The van der Waals surface area contributed by atoms with E-state index < -0.39 is 6.17 Å². The number of hydrogen-bond donors (Lipinski definition) is 0. The van der Waals surface area contributed by atoms with Gasteiger partial charge in [-0.05, 0) is 13.3 Å². The van der Waals surface area contributed by atoms with Gasteiger partial charge >= 0.3 is 0 Å². The summed E-state index contributed by atoms with van der Waals surface area (Å²) in [5, 5.41) is 0. The summed E-state index contributed by atoms with van der Waals surface area (Å²) in [4.78, 5) is 0. The number of halogens is 1. The minimum absolute atomic E-state index is 0.616. The fourth-order valence-electron chi connectivity index (χ4n) is 0. The monoisotopic (exact) mass is 76.1 g/mol. The first kappa shape index (κ1) is 4.93. The average Bonchev–Trinajstić information content (AvgIpc) is 1.38. The van der Waals surface area contributed by atoms with Gasteiger partial charge in [0.15, 0.2) is 0 Å². The van der Waals surface area contributed by atoms with Crippen LogP contribution in [0.4, 0.5) is 4.39 Å². The van der Waals surface area contributed by atoms with Gasteiger partial charge in [-0.25, -0.2) is 4.39 Å². The molecule has 0 aromatic heterocycles. The van der Waals surface area contributed by atoms with Crippen LogP contribution in [0.15, 0.2) is 0 Å². The zero-order valence-corrected chi connectivity index (χ0v) is 3.66. The van der Waals surface area contributed by atoms with Gasteiger partial charge in [0.25, 0.3) is 0 Å². The quantitative estimate of drug-likeness (QED) is 0.446. The van der Waals surface area contributed by atoms with E-state index in [1.807, 2.05) is 6.92 Å². The number of rotatable bonds is 1. The molecule has 0 saturated carbocycles. The van der Waals surface area contributed by atoms with Crippen LogP contribution in [0.5, 0.6) is 0 Å². The van der Waals surface area contributed by atoms with E-state index in [0.29, 0.717) is 6.42 Å². The van der Waals surface area contributed by atoms with Crippen molar-refractivity contribution in [1.82, 2.24) is 0 Å². The highest BCUT2D eigenvalue weighted by molar-refractivity contribution is 4.35. The van der Waals surface area contributed by atoms with Crippen LogP contribution >= 0.6 is 0 Å². The average molecular weight is 76.1 g/mol. The normalized spacial score (nSPS) is 15.0. The van der Waals surface area contributed by atoms with E-state index in [2.05, 4.69) is 0 Å². The second-order valence-electron chi connectivity index (χ2n) is 1.19. The maximum Gasteiger partial charge on any atom is 0.0971 e. The van der Waals surface area contributed by atoms with Gasteiger partial charge in [-0.1, -0.05) is 6.92 Å². The Morgan fingerprint density at radius 2 is 2.00 bits per heavy atom. The molecule has 0 bridgehead atoms. The third-order valence-corrected chi connectivity index (χ3v) is 0.563. The Morgan fingerprint density at radius 1 is 1.80 bits per heavy atom. The van der Waals surface area contributed by atoms with E-state index in [9.17, 15) is 4.39 Å². The van der Waals surface area contributed by atoms with E-state index >= 15 is 0 Å². The summed E-state index contributed by atoms with van der Waals surface area (Å²) in [5.41, 5.74) is 0. The van der Waals surface area contributed by atoms with Crippen LogP contribution in [0.3, 0.4) is 0 Å². The summed E-state index contributed by atoms with van der Waals surface area (Å²) in [6, 6.07) is 0. The van der Waals surface area contributed by atoms with E-state index in [1.165, 1.54) is 0 Å². The first-order chi connectivity index (χ1) is 2.27. The van der Waals surface area contributed by atoms with Crippen molar-refractivity contribution in [2.24, 2.45) is 0 Å². The zero-order chi connectivity index (χ0) is 4.28. The second-order valence-corrected chi connectivity index (χ2v) is 1.19. The topological polar surface area (TPSA) is 0 Å². The first-order valence-electron chi connectivity index (χ1n) is 1.91. The third kappa shape index (κ3) is 3.93. The summed E-state index contributed by atoms with van der Waals surface area (Å²) in [6.45, 7) is 3.38. The second kappa shape index (κ2) is 2.18. The molecule has 0 aromatic carbocycles. The molecule has 1 heteroatoms. The molecule has 0 N–H and O–H groups in total. The molecule has 0 heterocycles. The minimum Gasteiger partial charge on any atom is -0.248 e. The Labute approximate surface area is 32.0 Å². The van der Waals surface area contributed by atoms with Gasteiger partial charge < -0.3 is 0 Å². The molecule has 0 fully saturated rings. The van der Waals surface area contributed by atoms with Gasteiger partial charge in [-0.15, -0.1) is 0 Å². The van der Waals surface area contributed by atoms with Gasteiger partial charge in [0.2, 0.25) is 0 Å². The van der Waals surface area contributed by atoms with Crippen molar-refractivity contribution in [3.05, 3.63) is 0 Å². The lowest BCUT2D eigenvalue weighted by Gasteiger charge is -1.86. The largest absolute Gasteiger partial charge is 0.248 e. The predicted molar refractivity (Wildman–Crippen MR) is 20.9 cm³/mol. The van der Waals surface area contributed by atoms with Crippen molar-refractivity contribution in [3.8, 4) is 0 Å². The van der Waals surface area contributed by atoms with Crippen LogP contribution in [0.25, 0.3) is 0 Å². The molecule has 32 valence electrons. The highest BCUT2D eigenvalue weighted by Gasteiger charge is 1.85. The van der Waals surface area contributed by atoms with E-state index in [-0.39, 0.29) is 0 Å². The molecule has 0 spiro atoms. The summed E-state index contributed by atoms with van der Waals surface area (Å²) >= 11 is 0. The van der Waals surface area contributed by atoms with Crippen molar-refractivity contribution < 1.29 is 4.39 Å². The Morgan fingerprint density at radius 3 is 2.00 bits per heavy atom. The van der Waals surface area contributed by atoms with Gasteiger partial charge in [0, 0.05) is 0 Å². The lowest BCUT2D eigenvalue weighted by molar-refractivity contribution is 0.352. The highest BCUT2D eigenvalue weighted by Crippen LogP contribution is 1.90. The fourth-order valence-corrected chi connectivity index (χ4v) is 0. The van der Waals surface area contributed by atoms with E-state index in [4.69, 9.17) is 0 Å². The smallest absolute Gasteiger partial charge is 0.0971 e. The van der Waals surface area contributed by atoms with Crippen LogP contribution in [0.2, 0.25) is 0 Å². The van der Waals surface area contributed by atoms with Crippen molar-refractivity contribution in [2.75, 3.05) is 0 Å². The standard InChI is InChI=1S/C4H9F/c1-3-4(2)5/h4H,3H2,1-2H3/t4-/m1/s1. The minimum atomic E-state index is -0.616. The summed E-state index contributed by atoms with van der Waals surface area (Å²) in [6.07, 6.45) is 0.0231. The molecule has 0 nitrogen and oxygen atoms in total. The van der Waals surface area contributed by atoms with Crippen LogP contribution < -0.4 is 0 Å². The summed E-state index contributed by atoms with van der Waals surface area (Å²) in [5.74, 6) is 0. The molecular weight excluding hydrogens is 67.0 g/mol. The van der Waals surface area contributed by atoms with Crippen LogP contribution in [0.1, 0.15) is 20.3 Å². The molecule has 0 aromatic rings. The predicted octanol–water partition coefficient (Wildman–Crippen LogP) is 1.75. The van der Waals surface area contributed by atoms with Crippen LogP contribution in [0, 0.1) is 0 Å². The molecule has 0 aliphatic carbocycles. The van der Waals surface area contributed by atoms with Crippen molar-refractivity contribution >= 4 is 0 Å². The maximum atomic E-state index is 11.4. The van der Waals surface area contributed by atoms with Gasteiger partial charge in [0.05, 0.1) is 6.17 Å². The molecule has 0 unspecified atom stereocenters. The lowest BCUT2D eigenvalue weighted by atomic mass is 10.4. The van der Waals surface area contributed by atoms with Crippen molar-refractivity contribution in [1.29, 1.82) is 0 Å². The van der Waals surface area contributed by atoms with Crippen molar-refractivity contribution in [2.45, 2.75) is 26.4 Å². The molecule has 5 heavy (non-hydrogen) atoms. The lowest BCUT2D eigenvalue weighted by Crippen LogP contribution is -1.83. The Kier molecular flexibility index (Phi) is 2.15. The zero-order valence-electron chi connectivity index (χ0n) is 3.66. The molecule has 0 aliphatic heterocycles. The summed E-state index contributed by atoms with van der Waals surface area (Å²) < 4.78 is 11.4. The molecule has 0 radical (unpaired) electrons. The SMILES string of the molecule is CC[C@@H](C)F. The van der Waals surface area contributed by atoms with Crippen LogP contribution in [-0.2, 0) is 0 Å². The molecular formula is C4H9F. The molecule has 1 atom stereocenters. The highest BCUT2D eigenvalue weighted by atomic mass is 19.1. The van der Waals surface area contributed by atoms with Gasteiger partial charge in [0.1, 0.15) is 0 Å². The fraction of sp³-hybridized carbons (Fsp3) is 1.00. The number of alkyl halides is 1. The van der Waals surface area contributed by atoms with Gasteiger partial charge in [-0.3, -0.25) is 0 Å². The molecule has 0 saturated heterocycles. The Hall–Kier alpha value is -0.0700. The van der Waals surface area contributed by atoms with Gasteiger partial charge in [-0.2, -0.15) is 0 Å². The van der Waals surface area contributed by atoms with E-state index in [1.54, 1.807) is 6.92 Å².